The molecule has 114 valence electrons. The number of hydrogen-bond acceptors (Lipinski definition) is 3. The van der Waals surface area contributed by atoms with Gasteiger partial charge in [0.25, 0.3) is 0 Å². The highest BCUT2D eigenvalue weighted by Gasteiger charge is 2.19. The van der Waals surface area contributed by atoms with Gasteiger partial charge in [-0.05, 0) is 30.2 Å². The molecule has 2 aromatic rings. The SMILES string of the molecule is Cc1ccc(C(C#N)NS(=O)(=O)Cc2ccc(Cl)cc2)cc1. The number of aryl methyl sites for hydroxylation is 1. The molecule has 1 N–H and O–H groups in total. The van der Waals surface area contributed by atoms with Crippen LogP contribution in [0.15, 0.2) is 48.5 Å². The maximum Gasteiger partial charge on any atom is 0.217 e. The molecule has 0 aliphatic rings. The van der Waals surface area contributed by atoms with Gasteiger partial charge >= 0.3 is 0 Å². The van der Waals surface area contributed by atoms with E-state index in [4.69, 9.17) is 11.6 Å². The van der Waals surface area contributed by atoms with E-state index >= 15 is 0 Å². The third-order valence-electron chi connectivity index (χ3n) is 3.11. The molecule has 22 heavy (non-hydrogen) atoms. The predicted octanol–water partition coefficient (Wildman–Crippen LogP) is 3.33. The number of nitrogens with one attached hydrogen (secondary N) is 1. The Hall–Kier alpha value is -1.87. The summed E-state index contributed by atoms with van der Waals surface area (Å²) in [5.74, 6) is -0.200. The molecule has 6 heteroatoms. The summed E-state index contributed by atoms with van der Waals surface area (Å²) < 4.78 is 26.8. The molecular weight excluding hydrogens is 320 g/mol. The third kappa shape index (κ3) is 4.57. The summed E-state index contributed by atoms with van der Waals surface area (Å²) in [5.41, 5.74) is 2.27. The fraction of sp³-hybridized carbons (Fsp3) is 0.188. The van der Waals surface area contributed by atoms with Crippen molar-refractivity contribution in [3.05, 3.63) is 70.2 Å². The van der Waals surface area contributed by atoms with Crippen LogP contribution in [0.1, 0.15) is 22.7 Å². The quantitative estimate of drug-likeness (QED) is 0.911. The fourth-order valence-corrected chi connectivity index (χ4v) is 3.34. The molecular formula is C16H15ClN2O2S. The van der Waals surface area contributed by atoms with E-state index in [1.807, 2.05) is 25.1 Å². The Balaban J connectivity index is 2.14. The van der Waals surface area contributed by atoms with Gasteiger partial charge in [-0.1, -0.05) is 53.6 Å². The molecule has 0 bridgehead atoms. The molecule has 0 saturated heterocycles. The van der Waals surface area contributed by atoms with E-state index in [0.29, 0.717) is 16.1 Å². The van der Waals surface area contributed by atoms with Gasteiger partial charge in [0, 0.05) is 5.02 Å². The summed E-state index contributed by atoms with van der Waals surface area (Å²) in [6.45, 7) is 1.93. The van der Waals surface area contributed by atoms with Gasteiger partial charge in [-0.3, -0.25) is 0 Å². The van der Waals surface area contributed by atoms with Gasteiger partial charge in [-0.15, -0.1) is 0 Å². The number of benzene rings is 2. The Morgan fingerprint density at radius 2 is 1.73 bits per heavy atom. The van der Waals surface area contributed by atoms with Crippen LogP contribution in [0, 0.1) is 18.3 Å². The Kier molecular flexibility index (Phi) is 5.19. The van der Waals surface area contributed by atoms with Crippen molar-refractivity contribution in [1.82, 2.24) is 4.72 Å². The first-order valence-corrected chi connectivity index (χ1v) is 8.63. The van der Waals surface area contributed by atoms with Crippen LogP contribution in [0.3, 0.4) is 0 Å². The lowest BCUT2D eigenvalue weighted by Gasteiger charge is -2.13. The highest BCUT2D eigenvalue weighted by atomic mass is 35.5. The lowest BCUT2D eigenvalue weighted by atomic mass is 10.1. The topological polar surface area (TPSA) is 70.0 Å². The molecule has 2 rings (SSSR count). The van der Waals surface area contributed by atoms with Crippen LogP contribution >= 0.6 is 11.6 Å². The first kappa shape index (κ1) is 16.5. The van der Waals surface area contributed by atoms with Crippen molar-refractivity contribution in [3.63, 3.8) is 0 Å². The number of hydrogen-bond donors (Lipinski definition) is 1. The number of nitrogens with zero attached hydrogens (tertiary/aromatic N) is 1. The summed E-state index contributed by atoms with van der Waals surface area (Å²) in [6, 6.07) is 14.8. The molecule has 1 unspecified atom stereocenters. The van der Waals surface area contributed by atoms with Gasteiger partial charge in [0.05, 0.1) is 11.8 Å². The standard InChI is InChI=1S/C16H15ClN2O2S/c1-12-2-6-14(7-3-12)16(10-18)19-22(20,21)11-13-4-8-15(17)9-5-13/h2-9,16,19H,11H2,1H3. The van der Waals surface area contributed by atoms with E-state index in [1.54, 1.807) is 36.4 Å². The minimum Gasteiger partial charge on any atom is -0.212 e. The lowest BCUT2D eigenvalue weighted by molar-refractivity contribution is 0.574. The van der Waals surface area contributed by atoms with Gasteiger partial charge < -0.3 is 0 Å². The van der Waals surface area contributed by atoms with Crippen LogP contribution < -0.4 is 4.72 Å². The molecule has 0 aromatic heterocycles. The Morgan fingerprint density at radius 3 is 2.27 bits per heavy atom. The molecule has 0 aliphatic heterocycles. The van der Waals surface area contributed by atoms with E-state index in [2.05, 4.69) is 4.72 Å². The molecule has 1 atom stereocenters. The smallest absolute Gasteiger partial charge is 0.212 e. The molecule has 0 spiro atoms. The van der Waals surface area contributed by atoms with E-state index in [9.17, 15) is 13.7 Å². The second-order valence-electron chi connectivity index (χ2n) is 4.98. The second-order valence-corrected chi connectivity index (χ2v) is 7.17. The summed E-state index contributed by atoms with van der Waals surface area (Å²) in [7, 11) is -3.63. The lowest BCUT2D eigenvalue weighted by Crippen LogP contribution is -2.29. The highest BCUT2D eigenvalue weighted by Crippen LogP contribution is 2.16. The predicted molar refractivity (Wildman–Crippen MR) is 86.7 cm³/mol. The Morgan fingerprint density at radius 1 is 1.14 bits per heavy atom. The van der Waals surface area contributed by atoms with Crippen LogP contribution in [0.2, 0.25) is 5.02 Å². The summed E-state index contributed by atoms with van der Waals surface area (Å²) in [5, 5.41) is 9.77. The van der Waals surface area contributed by atoms with Gasteiger partial charge in [-0.2, -0.15) is 9.98 Å². The molecule has 0 amide bonds. The summed E-state index contributed by atoms with van der Waals surface area (Å²) >= 11 is 5.77. The van der Waals surface area contributed by atoms with Gasteiger partial charge in [0.15, 0.2) is 0 Å². The van der Waals surface area contributed by atoms with E-state index in [1.165, 1.54) is 0 Å². The Bertz CT molecular complexity index is 778. The van der Waals surface area contributed by atoms with Crippen LogP contribution in [0.25, 0.3) is 0 Å². The summed E-state index contributed by atoms with van der Waals surface area (Å²) in [4.78, 5) is 0. The summed E-state index contributed by atoms with van der Waals surface area (Å²) in [6.07, 6.45) is 0. The zero-order chi connectivity index (χ0) is 16.2. The second kappa shape index (κ2) is 6.93. The minimum absolute atomic E-state index is 0.200. The van der Waals surface area contributed by atoms with Crippen LogP contribution in [-0.2, 0) is 15.8 Å². The van der Waals surface area contributed by atoms with E-state index in [0.717, 1.165) is 5.56 Å². The molecule has 4 nitrogen and oxygen atoms in total. The molecule has 0 heterocycles. The van der Waals surface area contributed by atoms with E-state index < -0.39 is 16.1 Å². The molecule has 0 saturated carbocycles. The van der Waals surface area contributed by atoms with Gasteiger partial charge in [0.1, 0.15) is 6.04 Å². The minimum atomic E-state index is -3.63. The normalized spacial score (nSPS) is 12.6. The highest BCUT2D eigenvalue weighted by molar-refractivity contribution is 7.88. The van der Waals surface area contributed by atoms with Crippen molar-refractivity contribution < 1.29 is 8.42 Å². The third-order valence-corrected chi connectivity index (χ3v) is 4.67. The Labute approximate surface area is 135 Å². The van der Waals surface area contributed by atoms with Gasteiger partial charge in [-0.25, -0.2) is 8.42 Å². The van der Waals surface area contributed by atoms with Crippen molar-refractivity contribution in [2.45, 2.75) is 18.7 Å². The monoisotopic (exact) mass is 334 g/mol. The van der Waals surface area contributed by atoms with Crippen molar-refractivity contribution in [2.75, 3.05) is 0 Å². The number of halogens is 1. The van der Waals surface area contributed by atoms with Crippen LogP contribution in [0.5, 0.6) is 0 Å². The fourth-order valence-electron chi connectivity index (χ4n) is 1.95. The van der Waals surface area contributed by atoms with E-state index in [-0.39, 0.29) is 5.75 Å². The maximum absolute atomic E-state index is 12.2. The zero-order valence-corrected chi connectivity index (χ0v) is 13.5. The average Bonchev–Trinajstić information content (AvgIpc) is 2.48. The van der Waals surface area contributed by atoms with Crippen molar-refractivity contribution >= 4 is 21.6 Å². The van der Waals surface area contributed by atoms with Crippen molar-refractivity contribution in [2.24, 2.45) is 0 Å². The first-order chi connectivity index (χ1) is 10.4. The van der Waals surface area contributed by atoms with Gasteiger partial charge in [0.2, 0.25) is 10.0 Å². The zero-order valence-electron chi connectivity index (χ0n) is 12.0. The van der Waals surface area contributed by atoms with Crippen LogP contribution in [-0.4, -0.2) is 8.42 Å². The number of sulfonamides is 1. The molecule has 0 aliphatic carbocycles. The van der Waals surface area contributed by atoms with Crippen LogP contribution in [0.4, 0.5) is 0 Å². The van der Waals surface area contributed by atoms with Crippen molar-refractivity contribution in [1.29, 1.82) is 5.26 Å². The van der Waals surface area contributed by atoms with Crippen molar-refractivity contribution in [3.8, 4) is 6.07 Å². The number of rotatable bonds is 5. The number of nitriles is 1. The molecule has 0 fully saturated rings. The average molecular weight is 335 g/mol. The molecule has 2 aromatic carbocycles. The first-order valence-electron chi connectivity index (χ1n) is 6.60. The maximum atomic E-state index is 12.2. The molecule has 0 radical (unpaired) electrons. The largest absolute Gasteiger partial charge is 0.217 e.